The van der Waals surface area contributed by atoms with E-state index in [4.69, 9.17) is 15.0 Å². The van der Waals surface area contributed by atoms with Crippen LogP contribution in [0.4, 0.5) is 5.82 Å². The Morgan fingerprint density at radius 2 is 1.76 bits per heavy atom. The van der Waals surface area contributed by atoms with Gasteiger partial charge in [-0.15, -0.1) is 5.10 Å². The Kier molecular flexibility index (Phi) is 9.38. The van der Waals surface area contributed by atoms with Gasteiger partial charge in [0.15, 0.2) is 11.6 Å². The molecule has 1 aliphatic heterocycles. The van der Waals surface area contributed by atoms with E-state index in [1.807, 2.05) is 30.3 Å². The largest absolute Gasteiger partial charge is 0.388 e. The van der Waals surface area contributed by atoms with Crippen LogP contribution in [0.1, 0.15) is 65.2 Å². The number of hydrogen-bond donors (Lipinski definition) is 5. The maximum Gasteiger partial charge on any atom is 0.359 e. The van der Waals surface area contributed by atoms with Crippen molar-refractivity contribution >= 4 is 13.4 Å². The molecule has 1 aliphatic rings. The smallest absolute Gasteiger partial charge is 0.359 e. The molecule has 2 aromatic heterocycles. The van der Waals surface area contributed by atoms with E-state index >= 15 is 0 Å². The molecule has 6 atom stereocenters. The van der Waals surface area contributed by atoms with Crippen molar-refractivity contribution in [2.24, 2.45) is 0 Å². The summed E-state index contributed by atoms with van der Waals surface area (Å²) in [6.45, 7) is 6.57. The average Bonchev–Trinajstić information content (AvgIpc) is 3.54. The molecule has 0 spiro atoms. The zero-order valence-electron chi connectivity index (χ0n) is 24.1. The first-order chi connectivity index (χ1) is 19.8. The number of nitrogens with zero attached hydrogens (tertiary/aromatic N) is 5. The van der Waals surface area contributed by atoms with Crippen molar-refractivity contribution in [3.63, 3.8) is 0 Å². The van der Waals surface area contributed by atoms with Crippen LogP contribution in [0.3, 0.4) is 0 Å². The Bertz CT molecular complexity index is 1480. The third kappa shape index (κ3) is 6.35. The summed E-state index contributed by atoms with van der Waals surface area (Å²) < 4.78 is 27.2. The van der Waals surface area contributed by atoms with Crippen LogP contribution < -0.4 is 11.4 Å². The van der Waals surface area contributed by atoms with Gasteiger partial charge in [-0.2, -0.15) is 4.98 Å². The Morgan fingerprint density at radius 1 is 1.10 bits per heavy atom. The van der Waals surface area contributed by atoms with Gasteiger partial charge in [-0.3, -0.25) is 9.13 Å². The third-order valence-corrected chi connectivity index (χ3v) is 10.4. The standard InChI is InChI=1S/C27H39N6O8P/c1-5-26(4,41-42(38,39)27(37,6-2)7-3)13-20-21(34)22(35)24(40-20)33-15-18(23(28)29-25(33)36)14-32-16-19(30-31-32)17-11-9-8-10-12-17/h8-12,15-16,20-22,24,34-35,37H,5-7,13-14H2,1-4H3,(H,38,39)(H2,28,29,36). The molecule has 3 aromatic rings. The predicted molar refractivity (Wildman–Crippen MR) is 153 cm³/mol. The van der Waals surface area contributed by atoms with Crippen LogP contribution in [0.15, 0.2) is 47.5 Å². The lowest BCUT2D eigenvalue weighted by molar-refractivity contribution is -0.0721. The number of aliphatic hydroxyl groups excluding tert-OH is 2. The van der Waals surface area contributed by atoms with Crippen LogP contribution in [0.5, 0.6) is 0 Å². The van der Waals surface area contributed by atoms with Gasteiger partial charge in [-0.1, -0.05) is 56.3 Å². The number of aromatic nitrogens is 5. The van der Waals surface area contributed by atoms with Crippen molar-refractivity contribution in [2.75, 3.05) is 5.73 Å². The maximum absolute atomic E-state index is 13.1. The first kappa shape index (κ1) is 32.0. The summed E-state index contributed by atoms with van der Waals surface area (Å²) in [4.78, 5) is 27.4. The minimum atomic E-state index is -4.53. The van der Waals surface area contributed by atoms with Crippen LogP contribution in [0.2, 0.25) is 0 Å². The molecule has 42 heavy (non-hydrogen) atoms. The Labute approximate surface area is 243 Å². The second kappa shape index (κ2) is 12.3. The van der Waals surface area contributed by atoms with Gasteiger partial charge in [-0.05, 0) is 26.2 Å². The molecule has 3 heterocycles. The molecule has 4 rings (SSSR count). The molecule has 0 amide bonds. The number of nitrogen functional groups attached to an aromatic ring is 1. The summed E-state index contributed by atoms with van der Waals surface area (Å²) in [6, 6.07) is 9.45. The van der Waals surface area contributed by atoms with Gasteiger partial charge < -0.3 is 35.2 Å². The van der Waals surface area contributed by atoms with Crippen LogP contribution in [0, 0.1) is 0 Å². The van der Waals surface area contributed by atoms with E-state index in [2.05, 4.69) is 15.3 Å². The Hall–Kier alpha value is -2.97. The fraction of sp³-hybridized carbons (Fsp3) is 0.556. The molecule has 15 heteroatoms. The van der Waals surface area contributed by atoms with Crippen LogP contribution >= 0.6 is 7.60 Å². The lowest BCUT2D eigenvalue weighted by atomic mass is 9.93. The van der Waals surface area contributed by atoms with E-state index in [0.717, 1.165) is 10.1 Å². The fourth-order valence-corrected chi connectivity index (χ4v) is 6.72. The van der Waals surface area contributed by atoms with Gasteiger partial charge in [0.1, 0.15) is 23.7 Å². The van der Waals surface area contributed by atoms with Crippen molar-refractivity contribution in [3.8, 4) is 11.3 Å². The van der Waals surface area contributed by atoms with Crippen molar-refractivity contribution in [3.05, 3.63) is 58.8 Å². The average molecular weight is 607 g/mol. The summed E-state index contributed by atoms with van der Waals surface area (Å²) in [7, 11) is -4.53. The number of aliphatic hydroxyl groups is 3. The van der Waals surface area contributed by atoms with Gasteiger partial charge in [0.25, 0.3) is 0 Å². The number of anilines is 1. The quantitative estimate of drug-likeness (QED) is 0.188. The van der Waals surface area contributed by atoms with Gasteiger partial charge in [0.2, 0.25) is 0 Å². The van der Waals surface area contributed by atoms with Crippen LogP contribution in [-0.4, -0.2) is 74.0 Å². The molecule has 1 saturated heterocycles. The predicted octanol–water partition coefficient (Wildman–Crippen LogP) is 2.02. The van der Waals surface area contributed by atoms with E-state index in [9.17, 15) is 29.6 Å². The fourth-order valence-electron chi connectivity index (χ4n) is 4.95. The van der Waals surface area contributed by atoms with E-state index in [-0.39, 0.29) is 38.0 Å². The molecule has 1 aromatic carbocycles. The highest BCUT2D eigenvalue weighted by Crippen LogP contribution is 2.60. The Balaban J connectivity index is 1.55. The minimum absolute atomic E-state index is 0.00202. The second-order valence-corrected chi connectivity index (χ2v) is 12.9. The van der Waals surface area contributed by atoms with Crippen molar-refractivity contribution in [1.29, 1.82) is 0 Å². The second-order valence-electron chi connectivity index (χ2n) is 10.9. The van der Waals surface area contributed by atoms with E-state index in [1.54, 1.807) is 33.9 Å². The number of nitrogens with two attached hydrogens (primary N) is 1. The molecule has 0 bridgehead atoms. The summed E-state index contributed by atoms with van der Waals surface area (Å²) in [5.41, 5.74) is 5.82. The summed E-state index contributed by atoms with van der Waals surface area (Å²) in [5, 5.41) is 38.8. The SMILES string of the molecule is CCC(C)(CC1OC(n2cc(Cn3cc(-c4ccccc4)nn3)c(N)nc2=O)C(O)C1O)OP(=O)(O)C(O)(CC)CC. The van der Waals surface area contributed by atoms with Gasteiger partial charge in [0, 0.05) is 23.7 Å². The van der Waals surface area contributed by atoms with E-state index in [0.29, 0.717) is 11.3 Å². The van der Waals surface area contributed by atoms with Gasteiger partial charge >= 0.3 is 13.3 Å². The summed E-state index contributed by atoms with van der Waals surface area (Å²) >= 11 is 0. The molecule has 0 aliphatic carbocycles. The molecular weight excluding hydrogens is 567 g/mol. The van der Waals surface area contributed by atoms with Gasteiger partial charge in [-0.25, -0.2) is 9.48 Å². The first-order valence-corrected chi connectivity index (χ1v) is 15.4. The minimum Gasteiger partial charge on any atom is -0.388 e. The van der Waals surface area contributed by atoms with E-state index in [1.165, 1.54) is 10.9 Å². The Morgan fingerprint density at radius 3 is 2.38 bits per heavy atom. The monoisotopic (exact) mass is 606 g/mol. The molecule has 230 valence electrons. The van der Waals surface area contributed by atoms with Crippen LogP contribution in [0.25, 0.3) is 11.3 Å². The highest BCUT2D eigenvalue weighted by Gasteiger charge is 2.51. The lowest BCUT2D eigenvalue weighted by Gasteiger charge is -2.38. The normalized spacial score (nSPS) is 23.9. The number of ether oxygens (including phenoxy) is 1. The van der Waals surface area contributed by atoms with E-state index < -0.39 is 48.8 Å². The molecular formula is C27H39N6O8P. The van der Waals surface area contributed by atoms with Crippen LogP contribution in [-0.2, 0) is 20.4 Å². The molecule has 1 fully saturated rings. The summed E-state index contributed by atoms with van der Waals surface area (Å²) in [5.74, 6) is -0.0393. The lowest BCUT2D eigenvalue weighted by Crippen LogP contribution is -2.40. The molecule has 6 N–H and O–H groups in total. The molecule has 6 unspecified atom stereocenters. The highest BCUT2D eigenvalue weighted by molar-refractivity contribution is 7.54. The van der Waals surface area contributed by atoms with Gasteiger partial charge in [0.05, 0.1) is 24.4 Å². The highest BCUT2D eigenvalue weighted by atomic mass is 31.2. The van der Waals surface area contributed by atoms with Crippen molar-refractivity contribution in [1.82, 2.24) is 24.5 Å². The zero-order chi connectivity index (χ0) is 30.9. The van der Waals surface area contributed by atoms with Crippen molar-refractivity contribution in [2.45, 2.75) is 95.4 Å². The third-order valence-electron chi connectivity index (χ3n) is 8.00. The first-order valence-electron chi connectivity index (χ1n) is 13.9. The number of rotatable bonds is 12. The maximum atomic E-state index is 13.1. The number of hydrogen-bond acceptors (Lipinski definition) is 11. The topological polar surface area (TPSA) is 208 Å². The number of benzene rings is 1. The molecule has 0 saturated carbocycles. The van der Waals surface area contributed by atoms with Crippen molar-refractivity contribution < 1.29 is 34.0 Å². The molecule has 0 radical (unpaired) electrons. The molecule has 14 nitrogen and oxygen atoms in total. The zero-order valence-corrected chi connectivity index (χ0v) is 25.0. The summed E-state index contributed by atoms with van der Waals surface area (Å²) in [6.07, 6.45) is -2.19.